The maximum atomic E-state index is 12.3. The van der Waals surface area contributed by atoms with Gasteiger partial charge in [-0.1, -0.05) is 0 Å². The fourth-order valence-corrected chi connectivity index (χ4v) is 3.57. The van der Waals surface area contributed by atoms with Crippen LogP contribution in [0.4, 0.5) is 5.82 Å². The van der Waals surface area contributed by atoms with Crippen LogP contribution in [0.5, 0.6) is 0 Å². The highest BCUT2D eigenvalue weighted by Crippen LogP contribution is 2.33. The van der Waals surface area contributed by atoms with Gasteiger partial charge in [0.15, 0.2) is 0 Å². The van der Waals surface area contributed by atoms with Crippen LogP contribution in [0, 0.1) is 0 Å². The van der Waals surface area contributed by atoms with Gasteiger partial charge in [-0.3, -0.25) is 4.79 Å². The van der Waals surface area contributed by atoms with E-state index in [9.17, 15) is 4.79 Å². The lowest BCUT2D eigenvalue weighted by atomic mass is 9.94. The topological polar surface area (TPSA) is 54.0 Å². The molecule has 2 N–H and O–H groups in total. The summed E-state index contributed by atoms with van der Waals surface area (Å²) in [5.74, 6) is 0.672. The molecule has 3 rings (SSSR count). The Labute approximate surface area is 122 Å². The molecule has 0 saturated carbocycles. The number of pyridine rings is 1. The van der Waals surface area contributed by atoms with Crippen molar-refractivity contribution >= 4 is 23.1 Å². The third-order valence-electron chi connectivity index (χ3n) is 3.64. The van der Waals surface area contributed by atoms with Crippen molar-refractivity contribution in [3.63, 3.8) is 0 Å². The number of aryl methyl sites for hydroxylation is 1. The molecule has 5 heteroatoms. The molecule has 1 amide bonds. The first kappa shape index (κ1) is 13.1. The predicted octanol–water partition coefficient (Wildman–Crippen LogP) is 2.99. The number of anilines is 1. The molecule has 104 valence electrons. The van der Waals surface area contributed by atoms with Gasteiger partial charge in [0.2, 0.25) is 0 Å². The molecule has 2 aromatic heterocycles. The number of hydrogen-bond donors (Lipinski definition) is 2. The number of fused-ring (bicyclic) bond motifs is 1. The van der Waals surface area contributed by atoms with Crippen molar-refractivity contribution in [1.82, 2.24) is 10.3 Å². The molecule has 1 aliphatic carbocycles. The quantitative estimate of drug-likeness (QED) is 0.912. The molecule has 0 fully saturated rings. The molecular weight excluding hydrogens is 270 g/mol. The van der Waals surface area contributed by atoms with E-state index < -0.39 is 0 Å². The lowest BCUT2D eigenvalue weighted by molar-refractivity contribution is 0.0933. The van der Waals surface area contributed by atoms with Gasteiger partial charge < -0.3 is 10.6 Å². The number of nitrogens with zero attached hydrogens (tertiary/aromatic N) is 1. The monoisotopic (exact) mass is 287 g/mol. The molecule has 20 heavy (non-hydrogen) atoms. The smallest absolute Gasteiger partial charge is 0.251 e. The largest absolute Gasteiger partial charge is 0.373 e. The summed E-state index contributed by atoms with van der Waals surface area (Å²) in [6.07, 6.45) is 4.94. The highest BCUT2D eigenvalue weighted by Gasteiger charge is 2.23. The molecular formula is C15H17N3OS. The first-order valence-electron chi connectivity index (χ1n) is 6.79. The molecule has 0 spiro atoms. The predicted molar refractivity (Wildman–Crippen MR) is 81.2 cm³/mol. The van der Waals surface area contributed by atoms with Gasteiger partial charge in [-0.05, 0) is 48.4 Å². The van der Waals surface area contributed by atoms with Crippen LogP contribution >= 0.6 is 11.3 Å². The second kappa shape index (κ2) is 5.63. The molecule has 4 nitrogen and oxygen atoms in total. The second-order valence-electron chi connectivity index (χ2n) is 4.90. The van der Waals surface area contributed by atoms with Crippen molar-refractivity contribution in [3.05, 3.63) is 45.8 Å². The summed E-state index contributed by atoms with van der Waals surface area (Å²) in [6.45, 7) is 0. The van der Waals surface area contributed by atoms with E-state index in [1.165, 1.54) is 10.4 Å². The van der Waals surface area contributed by atoms with Crippen LogP contribution in [0.3, 0.4) is 0 Å². The average Bonchev–Trinajstić information content (AvgIpc) is 2.97. The lowest BCUT2D eigenvalue weighted by Gasteiger charge is -2.23. The van der Waals surface area contributed by atoms with Crippen LogP contribution in [-0.4, -0.2) is 17.9 Å². The van der Waals surface area contributed by atoms with Crippen molar-refractivity contribution < 1.29 is 4.79 Å². The van der Waals surface area contributed by atoms with Crippen LogP contribution < -0.4 is 10.6 Å². The van der Waals surface area contributed by atoms with Gasteiger partial charge in [-0.2, -0.15) is 0 Å². The summed E-state index contributed by atoms with van der Waals surface area (Å²) in [5.41, 5.74) is 1.93. The molecule has 2 aromatic rings. The molecule has 0 aromatic carbocycles. The third-order valence-corrected chi connectivity index (χ3v) is 4.63. The number of rotatable bonds is 3. The van der Waals surface area contributed by atoms with Gasteiger partial charge in [0, 0.05) is 23.7 Å². The van der Waals surface area contributed by atoms with E-state index in [0.717, 1.165) is 19.3 Å². The normalized spacial score (nSPS) is 17.4. The number of amides is 1. The molecule has 0 aliphatic heterocycles. The van der Waals surface area contributed by atoms with E-state index in [2.05, 4.69) is 27.1 Å². The Balaban J connectivity index is 1.77. The van der Waals surface area contributed by atoms with Crippen molar-refractivity contribution in [1.29, 1.82) is 0 Å². The molecule has 0 bridgehead atoms. The average molecular weight is 287 g/mol. The second-order valence-corrected chi connectivity index (χ2v) is 5.90. The molecule has 2 heterocycles. The van der Waals surface area contributed by atoms with E-state index in [0.29, 0.717) is 11.4 Å². The fraction of sp³-hybridized carbons (Fsp3) is 0.333. The zero-order valence-electron chi connectivity index (χ0n) is 11.3. The van der Waals surface area contributed by atoms with Crippen LogP contribution in [0.15, 0.2) is 29.8 Å². The number of thiophene rings is 1. The summed E-state index contributed by atoms with van der Waals surface area (Å²) >= 11 is 1.79. The summed E-state index contributed by atoms with van der Waals surface area (Å²) in [7, 11) is 1.79. The van der Waals surface area contributed by atoms with Crippen LogP contribution in [-0.2, 0) is 6.42 Å². The van der Waals surface area contributed by atoms with Gasteiger partial charge in [0.1, 0.15) is 5.82 Å². The number of carbonyl (C=O) groups excluding carboxylic acids is 1. The summed E-state index contributed by atoms with van der Waals surface area (Å²) in [5, 5.41) is 8.20. The van der Waals surface area contributed by atoms with Gasteiger partial charge >= 0.3 is 0 Å². The van der Waals surface area contributed by atoms with Crippen LogP contribution in [0.25, 0.3) is 0 Å². The summed E-state index contributed by atoms with van der Waals surface area (Å²) < 4.78 is 0. The van der Waals surface area contributed by atoms with E-state index in [1.54, 1.807) is 36.7 Å². The van der Waals surface area contributed by atoms with Crippen molar-refractivity contribution in [2.45, 2.75) is 25.3 Å². The minimum absolute atomic E-state index is 0.0343. The minimum atomic E-state index is -0.0343. The summed E-state index contributed by atoms with van der Waals surface area (Å²) in [4.78, 5) is 17.9. The highest BCUT2D eigenvalue weighted by molar-refractivity contribution is 7.10. The van der Waals surface area contributed by atoms with Crippen molar-refractivity contribution in [2.75, 3.05) is 12.4 Å². The Bertz CT molecular complexity index is 623. The Morgan fingerprint density at radius 1 is 1.45 bits per heavy atom. The van der Waals surface area contributed by atoms with E-state index >= 15 is 0 Å². The molecule has 1 aliphatic rings. The standard InChI is InChI=1S/C15H17N3OS/c1-16-14-9-10(5-7-17-14)15(19)18-12-3-2-4-13-11(12)6-8-20-13/h5-9,12H,2-4H2,1H3,(H,16,17)(H,18,19). The molecule has 0 radical (unpaired) electrons. The van der Waals surface area contributed by atoms with Crippen LogP contribution in [0.2, 0.25) is 0 Å². The minimum Gasteiger partial charge on any atom is -0.373 e. The zero-order valence-corrected chi connectivity index (χ0v) is 12.2. The van der Waals surface area contributed by atoms with Gasteiger partial charge in [-0.15, -0.1) is 11.3 Å². The van der Waals surface area contributed by atoms with Gasteiger partial charge in [-0.25, -0.2) is 4.98 Å². The van der Waals surface area contributed by atoms with Crippen LogP contribution in [0.1, 0.15) is 39.7 Å². The Kier molecular flexibility index (Phi) is 3.69. The van der Waals surface area contributed by atoms with E-state index in [1.807, 2.05) is 0 Å². The van der Waals surface area contributed by atoms with Crippen molar-refractivity contribution in [2.24, 2.45) is 0 Å². The SMILES string of the molecule is CNc1cc(C(=O)NC2CCCc3sccc32)ccn1. The lowest BCUT2D eigenvalue weighted by Crippen LogP contribution is -2.30. The number of hydrogen-bond acceptors (Lipinski definition) is 4. The summed E-state index contributed by atoms with van der Waals surface area (Å²) in [6, 6.07) is 5.79. The molecule has 1 unspecified atom stereocenters. The van der Waals surface area contributed by atoms with E-state index in [4.69, 9.17) is 0 Å². The third kappa shape index (κ3) is 2.54. The fourth-order valence-electron chi connectivity index (χ4n) is 2.59. The Morgan fingerprint density at radius 2 is 2.35 bits per heavy atom. The van der Waals surface area contributed by atoms with E-state index in [-0.39, 0.29) is 11.9 Å². The van der Waals surface area contributed by atoms with Gasteiger partial charge in [0.05, 0.1) is 6.04 Å². The molecule has 0 saturated heterocycles. The maximum absolute atomic E-state index is 12.3. The Hall–Kier alpha value is -1.88. The number of aromatic nitrogens is 1. The molecule has 1 atom stereocenters. The Morgan fingerprint density at radius 3 is 3.20 bits per heavy atom. The van der Waals surface area contributed by atoms with Gasteiger partial charge in [0.25, 0.3) is 5.91 Å². The maximum Gasteiger partial charge on any atom is 0.251 e. The first-order valence-corrected chi connectivity index (χ1v) is 7.67. The van der Waals surface area contributed by atoms with Crippen molar-refractivity contribution in [3.8, 4) is 0 Å². The number of nitrogens with one attached hydrogen (secondary N) is 2. The zero-order chi connectivity index (χ0) is 13.9. The number of carbonyl (C=O) groups is 1. The first-order chi connectivity index (χ1) is 9.78. The highest BCUT2D eigenvalue weighted by atomic mass is 32.1.